The van der Waals surface area contributed by atoms with E-state index in [0.717, 1.165) is 31.6 Å². The van der Waals surface area contributed by atoms with E-state index in [1.807, 2.05) is 6.07 Å². The van der Waals surface area contributed by atoms with E-state index < -0.39 is 0 Å². The number of benzene rings is 1. The minimum absolute atomic E-state index is 0.209. The molecule has 1 aliphatic rings. The maximum atomic E-state index is 13.2. The van der Waals surface area contributed by atoms with Crippen molar-refractivity contribution in [3.8, 4) is 0 Å². The molecule has 1 heterocycles. The monoisotopic (exact) mass is 287 g/mol. The lowest BCUT2D eigenvalue weighted by Crippen LogP contribution is -2.36. The zero-order chi connectivity index (χ0) is 11.4. The summed E-state index contributed by atoms with van der Waals surface area (Å²) in [5.74, 6) is -0.209. The molecule has 16 heavy (non-hydrogen) atoms. The average molecular weight is 288 g/mol. The third kappa shape index (κ3) is 3.03. The van der Waals surface area contributed by atoms with Crippen molar-refractivity contribution in [1.82, 2.24) is 5.32 Å². The highest BCUT2D eigenvalue weighted by Crippen LogP contribution is 2.20. The molecule has 0 saturated carbocycles. The Kier molecular flexibility index (Phi) is 4.32. The maximum absolute atomic E-state index is 13.2. The first-order chi connectivity index (χ1) is 7.77. The molecule has 2 nitrogen and oxygen atoms in total. The first-order valence-electron chi connectivity index (χ1n) is 5.51. The van der Waals surface area contributed by atoms with Crippen molar-refractivity contribution in [3.05, 3.63) is 34.1 Å². The quantitative estimate of drug-likeness (QED) is 0.923. The van der Waals surface area contributed by atoms with Gasteiger partial charge in [0.05, 0.1) is 11.1 Å². The Morgan fingerprint density at radius 1 is 1.50 bits per heavy atom. The van der Waals surface area contributed by atoms with E-state index in [1.54, 1.807) is 6.07 Å². The molecule has 1 aromatic carbocycles. The van der Waals surface area contributed by atoms with Crippen molar-refractivity contribution < 1.29 is 9.13 Å². The Morgan fingerprint density at radius 3 is 3.12 bits per heavy atom. The van der Waals surface area contributed by atoms with Crippen molar-refractivity contribution in [1.29, 1.82) is 0 Å². The highest BCUT2D eigenvalue weighted by atomic mass is 79.9. The summed E-state index contributed by atoms with van der Waals surface area (Å²) in [6.07, 6.45) is 2.23. The van der Waals surface area contributed by atoms with Gasteiger partial charge in [0.2, 0.25) is 0 Å². The summed E-state index contributed by atoms with van der Waals surface area (Å²) in [6, 6.07) is 5.50. The Hall–Kier alpha value is -0.450. The van der Waals surface area contributed by atoms with Gasteiger partial charge in [-0.3, -0.25) is 0 Å². The van der Waals surface area contributed by atoms with E-state index in [2.05, 4.69) is 21.2 Å². The zero-order valence-corrected chi connectivity index (χ0v) is 10.6. The molecule has 2 rings (SSSR count). The molecule has 0 amide bonds. The predicted molar refractivity (Wildman–Crippen MR) is 64.8 cm³/mol. The van der Waals surface area contributed by atoms with E-state index in [-0.39, 0.29) is 5.82 Å². The fourth-order valence-electron chi connectivity index (χ4n) is 1.84. The van der Waals surface area contributed by atoms with Crippen LogP contribution in [0.2, 0.25) is 0 Å². The van der Waals surface area contributed by atoms with Crippen LogP contribution in [-0.2, 0) is 11.3 Å². The molecule has 88 valence electrons. The van der Waals surface area contributed by atoms with Gasteiger partial charge < -0.3 is 10.1 Å². The highest BCUT2D eigenvalue weighted by Gasteiger charge is 2.13. The van der Waals surface area contributed by atoms with E-state index in [1.165, 1.54) is 6.07 Å². The average Bonchev–Trinajstić information content (AvgIpc) is 2.32. The van der Waals surface area contributed by atoms with Crippen LogP contribution in [0.15, 0.2) is 22.7 Å². The van der Waals surface area contributed by atoms with E-state index in [0.29, 0.717) is 17.1 Å². The summed E-state index contributed by atoms with van der Waals surface area (Å²) >= 11 is 3.26. The summed E-state index contributed by atoms with van der Waals surface area (Å²) in [7, 11) is 0. The molecule has 1 unspecified atom stereocenters. The van der Waals surface area contributed by atoms with E-state index in [9.17, 15) is 4.39 Å². The van der Waals surface area contributed by atoms with Crippen molar-refractivity contribution in [3.63, 3.8) is 0 Å². The lowest BCUT2D eigenvalue weighted by atomic mass is 10.1. The summed E-state index contributed by atoms with van der Waals surface area (Å²) in [5.41, 5.74) is 0.950. The molecule has 0 aromatic heterocycles. The molecule has 4 heteroatoms. The van der Waals surface area contributed by atoms with Crippen molar-refractivity contribution in [2.45, 2.75) is 25.4 Å². The molecule has 0 bridgehead atoms. The van der Waals surface area contributed by atoms with E-state index in [4.69, 9.17) is 4.74 Å². The van der Waals surface area contributed by atoms with Gasteiger partial charge in [-0.25, -0.2) is 4.39 Å². The summed E-state index contributed by atoms with van der Waals surface area (Å²) in [5, 5.41) is 3.38. The Morgan fingerprint density at radius 2 is 2.38 bits per heavy atom. The van der Waals surface area contributed by atoms with Crippen LogP contribution in [0.3, 0.4) is 0 Å². The van der Waals surface area contributed by atoms with Gasteiger partial charge >= 0.3 is 0 Å². The van der Waals surface area contributed by atoms with Gasteiger partial charge in [0.25, 0.3) is 0 Å². The van der Waals surface area contributed by atoms with Crippen molar-refractivity contribution in [2.75, 3.05) is 13.2 Å². The first kappa shape index (κ1) is 12.0. The minimum atomic E-state index is -0.209. The number of halogens is 2. The van der Waals surface area contributed by atoms with Gasteiger partial charge in [0.15, 0.2) is 0 Å². The Bertz CT molecular complexity index is 353. The Balaban J connectivity index is 1.91. The van der Waals surface area contributed by atoms with Crippen molar-refractivity contribution >= 4 is 15.9 Å². The SMILES string of the molecule is Fc1cccc(CNC2CCCOC2)c1Br. The van der Waals surface area contributed by atoms with Crippen LogP contribution in [0.25, 0.3) is 0 Å². The lowest BCUT2D eigenvalue weighted by molar-refractivity contribution is 0.0699. The number of rotatable bonds is 3. The second-order valence-corrected chi connectivity index (χ2v) is 4.80. The number of ether oxygens (including phenoxy) is 1. The predicted octanol–water partition coefficient (Wildman–Crippen LogP) is 2.86. The highest BCUT2D eigenvalue weighted by molar-refractivity contribution is 9.10. The van der Waals surface area contributed by atoms with Gasteiger partial charge in [-0.05, 0) is 40.4 Å². The lowest BCUT2D eigenvalue weighted by Gasteiger charge is -2.23. The Labute approximate surface area is 103 Å². The van der Waals surface area contributed by atoms with Crippen LogP contribution in [0, 0.1) is 5.82 Å². The molecule has 0 aliphatic carbocycles. The second kappa shape index (κ2) is 5.75. The fourth-order valence-corrected chi connectivity index (χ4v) is 2.25. The molecular weight excluding hydrogens is 273 g/mol. The second-order valence-electron chi connectivity index (χ2n) is 4.01. The summed E-state index contributed by atoms with van der Waals surface area (Å²) in [4.78, 5) is 0. The molecule has 0 radical (unpaired) electrons. The van der Waals surface area contributed by atoms with Gasteiger partial charge in [-0.2, -0.15) is 0 Å². The number of nitrogens with one attached hydrogen (secondary N) is 1. The van der Waals surface area contributed by atoms with Crippen LogP contribution < -0.4 is 5.32 Å². The number of hydrogen-bond donors (Lipinski definition) is 1. The molecule has 1 N–H and O–H groups in total. The largest absolute Gasteiger partial charge is 0.380 e. The van der Waals surface area contributed by atoms with E-state index >= 15 is 0 Å². The molecule has 1 aliphatic heterocycles. The third-order valence-corrected chi connectivity index (χ3v) is 3.66. The standard InChI is InChI=1S/C12H15BrFNO/c13-12-9(3-1-5-11(12)14)7-15-10-4-2-6-16-8-10/h1,3,5,10,15H,2,4,6-8H2. The number of hydrogen-bond acceptors (Lipinski definition) is 2. The van der Waals surface area contributed by atoms with Crippen LogP contribution in [0.5, 0.6) is 0 Å². The molecular formula is C12H15BrFNO. The zero-order valence-electron chi connectivity index (χ0n) is 9.01. The summed E-state index contributed by atoms with van der Waals surface area (Å²) in [6.45, 7) is 2.29. The third-order valence-electron chi connectivity index (χ3n) is 2.77. The van der Waals surface area contributed by atoms with Gasteiger partial charge in [0, 0.05) is 19.2 Å². The molecule has 1 atom stereocenters. The smallest absolute Gasteiger partial charge is 0.137 e. The van der Waals surface area contributed by atoms with Gasteiger partial charge in [-0.1, -0.05) is 12.1 Å². The van der Waals surface area contributed by atoms with Crippen LogP contribution >= 0.6 is 15.9 Å². The molecule has 1 aromatic rings. The summed E-state index contributed by atoms with van der Waals surface area (Å²) < 4.78 is 19.2. The maximum Gasteiger partial charge on any atom is 0.137 e. The van der Waals surface area contributed by atoms with Gasteiger partial charge in [-0.15, -0.1) is 0 Å². The first-order valence-corrected chi connectivity index (χ1v) is 6.30. The molecule has 1 fully saturated rings. The van der Waals surface area contributed by atoms with Crippen LogP contribution in [-0.4, -0.2) is 19.3 Å². The fraction of sp³-hybridized carbons (Fsp3) is 0.500. The van der Waals surface area contributed by atoms with Gasteiger partial charge in [0.1, 0.15) is 5.82 Å². The molecule has 1 saturated heterocycles. The minimum Gasteiger partial charge on any atom is -0.380 e. The van der Waals surface area contributed by atoms with Crippen LogP contribution in [0.4, 0.5) is 4.39 Å². The van der Waals surface area contributed by atoms with Crippen LogP contribution in [0.1, 0.15) is 18.4 Å². The van der Waals surface area contributed by atoms with Crippen molar-refractivity contribution in [2.24, 2.45) is 0 Å². The topological polar surface area (TPSA) is 21.3 Å². The molecule has 0 spiro atoms. The normalized spacial score (nSPS) is 21.0.